The molecule has 1 fully saturated rings. The van der Waals surface area contributed by atoms with Crippen LogP contribution in [0.2, 0.25) is 0 Å². The first-order chi connectivity index (χ1) is 13.9. The van der Waals surface area contributed by atoms with Crippen molar-refractivity contribution in [3.8, 4) is 11.3 Å². The number of hydrogen-bond acceptors (Lipinski definition) is 4. The molecule has 0 aliphatic carbocycles. The van der Waals surface area contributed by atoms with Crippen molar-refractivity contribution >= 4 is 16.7 Å². The zero-order valence-corrected chi connectivity index (χ0v) is 15.8. The van der Waals surface area contributed by atoms with E-state index in [1.807, 2.05) is 6.20 Å². The van der Waals surface area contributed by atoms with E-state index in [9.17, 15) is 0 Å². The second kappa shape index (κ2) is 7.44. The third kappa shape index (κ3) is 3.25. The average Bonchev–Trinajstić information content (AvgIpc) is 3.14. The highest BCUT2D eigenvalue weighted by Gasteiger charge is 2.21. The predicted octanol–water partition coefficient (Wildman–Crippen LogP) is 3.95. The second-order valence-corrected chi connectivity index (χ2v) is 7.22. The van der Waals surface area contributed by atoms with Gasteiger partial charge in [-0.3, -0.25) is 9.88 Å². The first kappa shape index (κ1) is 17.0. The van der Waals surface area contributed by atoms with Crippen molar-refractivity contribution in [1.82, 2.24) is 19.9 Å². The number of nitrogens with one attached hydrogen (secondary N) is 1. The summed E-state index contributed by atoms with van der Waals surface area (Å²) < 4.78 is 0. The van der Waals surface area contributed by atoms with E-state index in [1.165, 1.54) is 27.7 Å². The molecule has 5 nitrogen and oxygen atoms in total. The topological polar surface area (TPSA) is 48.1 Å². The van der Waals surface area contributed by atoms with E-state index in [2.05, 4.69) is 79.3 Å². The van der Waals surface area contributed by atoms with E-state index in [0.717, 1.165) is 38.5 Å². The highest BCUT2D eigenvalue weighted by molar-refractivity contribution is 5.90. The Kier molecular flexibility index (Phi) is 4.51. The van der Waals surface area contributed by atoms with Gasteiger partial charge in [0, 0.05) is 56.0 Å². The summed E-state index contributed by atoms with van der Waals surface area (Å²) in [7, 11) is 0. The van der Waals surface area contributed by atoms with Crippen molar-refractivity contribution in [1.29, 1.82) is 0 Å². The van der Waals surface area contributed by atoms with E-state index < -0.39 is 0 Å². The van der Waals surface area contributed by atoms with Crippen molar-refractivity contribution in [2.45, 2.75) is 6.54 Å². The van der Waals surface area contributed by atoms with Gasteiger partial charge >= 0.3 is 0 Å². The highest BCUT2D eigenvalue weighted by Crippen LogP contribution is 2.31. The molecule has 0 amide bonds. The lowest BCUT2D eigenvalue weighted by Crippen LogP contribution is -2.46. The molecule has 0 bridgehead atoms. The van der Waals surface area contributed by atoms with Crippen LogP contribution in [0.15, 0.2) is 73.2 Å². The fourth-order valence-corrected chi connectivity index (χ4v) is 4.03. The third-order valence-corrected chi connectivity index (χ3v) is 5.50. The molecule has 140 valence electrons. The molecule has 0 unspecified atom stereocenters. The van der Waals surface area contributed by atoms with Gasteiger partial charge in [0.25, 0.3) is 0 Å². The van der Waals surface area contributed by atoms with E-state index in [0.29, 0.717) is 0 Å². The number of anilines is 1. The van der Waals surface area contributed by atoms with E-state index >= 15 is 0 Å². The van der Waals surface area contributed by atoms with Crippen LogP contribution < -0.4 is 4.90 Å². The fraction of sp³-hybridized carbons (Fsp3) is 0.217. The van der Waals surface area contributed by atoms with Gasteiger partial charge in [-0.15, -0.1) is 0 Å². The van der Waals surface area contributed by atoms with Gasteiger partial charge in [-0.05, 0) is 17.2 Å². The molecule has 1 N–H and O–H groups in total. The number of aromatic nitrogens is 3. The molecule has 2 aromatic carbocycles. The maximum atomic E-state index is 4.44. The van der Waals surface area contributed by atoms with Crippen molar-refractivity contribution in [3.63, 3.8) is 0 Å². The lowest BCUT2D eigenvalue weighted by Gasteiger charge is -2.35. The predicted molar refractivity (Wildman–Crippen MR) is 113 cm³/mol. The maximum Gasteiger partial charge on any atom is 0.147 e. The minimum atomic E-state index is 0.947. The number of piperazine rings is 1. The number of hydrogen-bond donors (Lipinski definition) is 1. The molecule has 0 saturated carbocycles. The standard InChI is InChI=1S/C23H23N5/c1-2-6-18(7-3-1)23-20(19-8-4-5-9-21(19)26-23)17-27-12-14-28(15-13-27)22-16-24-10-11-25-22/h1-11,16,26H,12-15,17H2. The number of benzene rings is 2. The van der Waals surface area contributed by atoms with Gasteiger partial charge in [0.2, 0.25) is 0 Å². The Balaban J connectivity index is 1.40. The van der Waals surface area contributed by atoms with E-state index in [-0.39, 0.29) is 0 Å². The van der Waals surface area contributed by atoms with Gasteiger partial charge in [0.15, 0.2) is 0 Å². The fourth-order valence-electron chi connectivity index (χ4n) is 4.03. The van der Waals surface area contributed by atoms with Crippen LogP contribution in [0.4, 0.5) is 5.82 Å². The third-order valence-electron chi connectivity index (χ3n) is 5.50. The molecule has 5 rings (SSSR count). The normalized spacial score (nSPS) is 15.2. The molecule has 3 heterocycles. The quantitative estimate of drug-likeness (QED) is 0.592. The van der Waals surface area contributed by atoms with Gasteiger partial charge < -0.3 is 9.88 Å². The van der Waals surface area contributed by atoms with Gasteiger partial charge in [0.05, 0.1) is 11.9 Å². The Morgan fingerprint density at radius 3 is 2.43 bits per heavy atom. The van der Waals surface area contributed by atoms with Crippen molar-refractivity contribution in [2.75, 3.05) is 31.1 Å². The molecule has 2 aromatic heterocycles. The SMILES string of the molecule is c1ccc(-c2[nH]c3ccccc3c2CN2CCN(c3cnccn3)CC2)cc1. The highest BCUT2D eigenvalue weighted by atomic mass is 15.3. The van der Waals surface area contributed by atoms with Crippen LogP contribution in [0.5, 0.6) is 0 Å². The Hall–Kier alpha value is -3.18. The molecule has 0 radical (unpaired) electrons. The molecular weight excluding hydrogens is 346 g/mol. The zero-order valence-electron chi connectivity index (χ0n) is 15.8. The molecule has 0 spiro atoms. The van der Waals surface area contributed by atoms with Crippen LogP contribution in [0.1, 0.15) is 5.56 Å². The Morgan fingerprint density at radius 1 is 0.857 bits per heavy atom. The summed E-state index contributed by atoms with van der Waals surface area (Å²) in [4.78, 5) is 17.1. The van der Waals surface area contributed by atoms with Gasteiger partial charge in [-0.1, -0.05) is 48.5 Å². The Bertz CT molecular complexity index is 1050. The average molecular weight is 369 g/mol. The second-order valence-electron chi connectivity index (χ2n) is 7.22. The minimum absolute atomic E-state index is 0.947. The summed E-state index contributed by atoms with van der Waals surface area (Å²) in [6, 6.07) is 19.2. The molecular formula is C23H23N5. The first-order valence-corrected chi connectivity index (χ1v) is 9.77. The summed E-state index contributed by atoms with van der Waals surface area (Å²) in [5.41, 5.74) is 5.06. The van der Waals surface area contributed by atoms with Crippen LogP contribution in [-0.2, 0) is 6.54 Å². The number of rotatable bonds is 4. The maximum absolute atomic E-state index is 4.44. The lowest BCUT2D eigenvalue weighted by molar-refractivity contribution is 0.250. The van der Waals surface area contributed by atoms with Crippen LogP contribution >= 0.6 is 0 Å². The smallest absolute Gasteiger partial charge is 0.147 e. The number of nitrogens with zero attached hydrogens (tertiary/aromatic N) is 4. The van der Waals surface area contributed by atoms with Gasteiger partial charge in [0.1, 0.15) is 5.82 Å². The summed E-state index contributed by atoms with van der Waals surface area (Å²) in [6.45, 7) is 4.93. The molecule has 1 saturated heterocycles. The van der Waals surface area contributed by atoms with Crippen molar-refractivity contribution < 1.29 is 0 Å². The molecule has 28 heavy (non-hydrogen) atoms. The Labute approximate surface area is 164 Å². The lowest BCUT2D eigenvalue weighted by atomic mass is 10.0. The van der Waals surface area contributed by atoms with Crippen molar-refractivity contribution in [2.24, 2.45) is 0 Å². The van der Waals surface area contributed by atoms with E-state index in [4.69, 9.17) is 0 Å². The minimum Gasteiger partial charge on any atom is -0.354 e. The number of para-hydroxylation sites is 1. The summed E-state index contributed by atoms with van der Waals surface area (Å²) in [5, 5.41) is 1.32. The number of H-pyrrole nitrogens is 1. The van der Waals surface area contributed by atoms with Crippen LogP contribution in [0.3, 0.4) is 0 Å². The number of fused-ring (bicyclic) bond motifs is 1. The molecule has 4 aromatic rings. The van der Waals surface area contributed by atoms with Crippen LogP contribution in [0.25, 0.3) is 22.2 Å². The summed E-state index contributed by atoms with van der Waals surface area (Å²) in [5.74, 6) is 0.971. The molecule has 5 heteroatoms. The van der Waals surface area contributed by atoms with Gasteiger partial charge in [-0.25, -0.2) is 4.98 Å². The van der Waals surface area contributed by atoms with Gasteiger partial charge in [-0.2, -0.15) is 0 Å². The molecule has 1 aliphatic heterocycles. The molecule has 0 atom stereocenters. The summed E-state index contributed by atoms with van der Waals surface area (Å²) in [6.07, 6.45) is 5.34. The first-order valence-electron chi connectivity index (χ1n) is 9.77. The zero-order chi connectivity index (χ0) is 18.8. The largest absolute Gasteiger partial charge is 0.354 e. The van der Waals surface area contributed by atoms with E-state index in [1.54, 1.807) is 12.4 Å². The number of aromatic amines is 1. The molecule has 1 aliphatic rings. The van der Waals surface area contributed by atoms with Crippen molar-refractivity contribution in [3.05, 3.63) is 78.8 Å². The Morgan fingerprint density at radius 2 is 1.64 bits per heavy atom. The van der Waals surface area contributed by atoms with Crippen LogP contribution in [0, 0.1) is 0 Å². The van der Waals surface area contributed by atoms with Crippen LogP contribution in [-0.4, -0.2) is 46.0 Å². The summed E-state index contributed by atoms with van der Waals surface area (Å²) >= 11 is 0. The monoisotopic (exact) mass is 369 g/mol.